The van der Waals surface area contributed by atoms with Crippen molar-refractivity contribution in [3.05, 3.63) is 30.1 Å². The minimum atomic E-state index is 0.457. The van der Waals surface area contributed by atoms with E-state index in [9.17, 15) is 0 Å². The number of rotatable bonds is 5. The Morgan fingerprint density at radius 2 is 2.04 bits per heavy atom. The van der Waals surface area contributed by atoms with Gasteiger partial charge in [0.1, 0.15) is 10.5 Å². The van der Waals surface area contributed by atoms with Gasteiger partial charge >= 0.3 is 0 Å². The number of nitrogens with zero attached hydrogens (tertiary/aromatic N) is 5. The summed E-state index contributed by atoms with van der Waals surface area (Å²) in [6.45, 7) is 1.98. The molecule has 7 nitrogen and oxygen atoms in total. The summed E-state index contributed by atoms with van der Waals surface area (Å²) >= 11 is 1.42. The molecule has 0 aromatic carbocycles. The summed E-state index contributed by atoms with van der Waals surface area (Å²) in [7, 11) is 4.35. The Labute approximate surface area is 157 Å². The van der Waals surface area contributed by atoms with E-state index in [1.807, 2.05) is 29.8 Å². The van der Waals surface area contributed by atoms with Crippen LogP contribution < -0.4 is 10.6 Å². The van der Waals surface area contributed by atoms with E-state index in [1.165, 1.54) is 24.4 Å². The monoisotopic (exact) mass is 371 g/mol. The zero-order chi connectivity index (χ0) is 18.1. The van der Waals surface area contributed by atoms with E-state index >= 15 is 0 Å². The molecular weight excluding hydrogens is 346 g/mol. The van der Waals surface area contributed by atoms with Gasteiger partial charge in [-0.05, 0) is 76.4 Å². The van der Waals surface area contributed by atoms with Gasteiger partial charge in [0.15, 0.2) is 5.82 Å². The molecule has 138 valence electrons. The van der Waals surface area contributed by atoms with Crippen molar-refractivity contribution >= 4 is 33.8 Å². The predicted octanol–water partition coefficient (Wildman–Crippen LogP) is 3.52. The number of aromatic nitrogens is 4. The zero-order valence-electron chi connectivity index (χ0n) is 15.4. The summed E-state index contributed by atoms with van der Waals surface area (Å²) in [5.41, 5.74) is 2.00. The SMILES string of the molecule is Cc1cc(Nc2nc(NC3CCC(N(C)C)CC3)c3cccn3n2)sn1. The van der Waals surface area contributed by atoms with Crippen LogP contribution in [0.2, 0.25) is 0 Å². The van der Waals surface area contributed by atoms with Crippen LogP contribution in [0.4, 0.5) is 16.8 Å². The smallest absolute Gasteiger partial charge is 0.248 e. The lowest BCUT2D eigenvalue weighted by Gasteiger charge is -2.33. The third kappa shape index (κ3) is 3.66. The molecule has 3 heterocycles. The highest BCUT2D eigenvalue weighted by atomic mass is 32.1. The molecule has 0 aliphatic heterocycles. The molecule has 1 saturated carbocycles. The maximum Gasteiger partial charge on any atom is 0.248 e. The van der Waals surface area contributed by atoms with Gasteiger partial charge in [0.25, 0.3) is 0 Å². The summed E-state index contributed by atoms with van der Waals surface area (Å²) < 4.78 is 6.17. The molecule has 1 fully saturated rings. The first-order valence-electron chi connectivity index (χ1n) is 9.07. The van der Waals surface area contributed by atoms with Gasteiger partial charge in [0.2, 0.25) is 5.95 Å². The molecule has 0 spiro atoms. The fourth-order valence-electron chi connectivity index (χ4n) is 3.56. The molecule has 3 aromatic heterocycles. The third-order valence-corrected chi connectivity index (χ3v) is 5.82. The molecule has 4 rings (SSSR count). The second-order valence-corrected chi connectivity index (χ2v) is 8.00. The van der Waals surface area contributed by atoms with Gasteiger partial charge in [-0.1, -0.05) is 0 Å². The molecule has 8 heteroatoms. The molecule has 0 saturated heterocycles. The first kappa shape index (κ1) is 17.2. The van der Waals surface area contributed by atoms with Gasteiger partial charge in [0, 0.05) is 18.3 Å². The Morgan fingerprint density at radius 3 is 2.73 bits per heavy atom. The minimum Gasteiger partial charge on any atom is -0.365 e. The van der Waals surface area contributed by atoms with Gasteiger partial charge in [-0.3, -0.25) is 0 Å². The molecule has 0 amide bonds. The summed E-state index contributed by atoms with van der Waals surface area (Å²) in [4.78, 5) is 7.08. The average Bonchev–Trinajstić information content (AvgIpc) is 3.24. The standard InChI is InChI=1S/C18H25N7S/c1-12-11-16(26-23-12)20-18-21-17(15-5-4-10-25(15)22-18)19-13-6-8-14(9-7-13)24(2)3/h4-5,10-11,13-14H,6-9H2,1-3H3,(H2,19,20,21,22). The predicted molar refractivity (Wildman–Crippen MR) is 106 cm³/mol. The number of fused-ring (bicyclic) bond motifs is 1. The lowest BCUT2D eigenvalue weighted by molar-refractivity contribution is 0.221. The molecule has 0 unspecified atom stereocenters. The van der Waals surface area contributed by atoms with Gasteiger partial charge in [-0.15, -0.1) is 5.10 Å². The van der Waals surface area contributed by atoms with Gasteiger partial charge in [0.05, 0.1) is 5.69 Å². The van der Waals surface area contributed by atoms with Crippen LogP contribution in [0.25, 0.3) is 5.52 Å². The van der Waals surface area contributed by atoms with Crippen molar-refractivity contribution in [3.8, 4) is 0 Å². The Morgan fingerprint density at radius 1 is 1.23 bits per heavy atom. The number of aryl methyl sites for hydroxylation is 1. The van der Waals surface area contributed by atoms with Crippen LogP contribution in [0.1, 0.15) is 31.4 Å². The van der Waals surface area contributed by atoms with E-state index in [0.29, 0.717) is 18.0 Å². The van der Waals surface area contributed by atoms with Crippen molar-refractivity contribution in [1.29, 1.82) is 0 Å². The Hall–Kier alpha value is -2.19. The Kier molecular flexibility index (Phi) is 4.78. The zero-order valence-corrected chi connectivity index (χ0v) is 16.3. The maximum atomic E-state index is 4.74. The van der Waals surface area contributed by atoms with Gasteiger partial charge in [-0.25, -0.2) is 4.52 Å². The summed E-state index contributed by atoms with van der Waals surface area (Å²) in [6, 6.07) is 7.20. The van der Waals surface area contributed by atoms with Crippen molar-refractivity contribution in [3.63, 3.8) is 0 Å². The second-order valence-electron chi connectivity index (χ2n) is 7.19. The van der Waals surface area contributed by atoms with E-state index in [0.717, 1.165) is 34.9 Å². The van der Waals surface area contributed by atoms with Crippen molar-refractivity contribution in [2.45, 2.75) is 44.7 Å². The summed E-state index contributed by atoms with van der Waals surface area (Å²) in [5.74, 6) is 1.48. The van der Waals surface area contributed by atoms with E-state index in [1.54, 1.807) is 0 Å². The number of hydrogen-bond acceptors (Lipinski definition) is 7. The van der Waals surface area contributed by atoms with E-state index in [-0.39, 0.29) is 0 Å². The van der Waals surface area contributed by atoms with Crippen LogP contribution in [0.15, 0.2) is 24.4 Å². The lowest BCUT2D eigenvalue weighted by atomic mass is 9.90. The van der Waals surface area contributed by atoms with Crippen molar-refractivity contribution < 1.29 is 0 Å². The highest BCUT2D eigenvalue weighted by molar-refractivity contribution is 7.10. The lowest BCUT2D eigenvalue weighted by Crippen LogP contribution is -2.36. The van der Waals surface area contributed by atoms with Crippen LogP contribution >= 0.6 is 11.5 Å². The Bertz CT molecular complexity index is 877. The summed E-state index contributed by atoms with van der Waals surface area (Å²) in [5, 5.41) is 12.4. The largest absolute Gasteiger partial charge is 0.365 e. The normalized spacial score (nSPS) is 20.6. The molecule has 26 heavy (non-hydrogen) atoms. The van der Waals surface area contributed by atoms with E-state index in [2.05, 4.69) is 45.2 Å². The Balaban J connectivity index is 1.53. The highest BCUT2D eigenvalue weighted by Crippen LogP contribution is 2.27. The highest BCUT2D eigenvalue weighted by Gasteiger charge is 2.23. The quantitative estimate of drug-likeness (QED) is 0.715. The number of hydrogen-bond donors (Lipinski definition) is 2. The van der Waals surface area contributed by atoms with E-state index in [4.69, 9.17) is 4.98 Å². The van der Waals surface area contributed by atoms with Crippen LogP contribution in [0, 0.1) is 6.92 Å². The molecule has 1 aliphatic carbocycles. The molecule has 0 radical (unpaired) electrons. The first-order valence-corrected chi connectivity index (χ1v) is 9.84. The van der Waals surface area contributed by atoms with Crippen LogP contribution in [0.5, 0.6) is 0 Å². The number of anilines is 3. The number of nitrogens with one attached hydrogen (secondary N) is 2. The van der Waals surface area contributed by atoms with E-state index < -0.39 is 0 Å². The maximum absolute atomic E-state index is 4.74. The topological polar surface area (TPSA) is 70.4 Å². The average molecular weight is 372 g/mol. The third-order valence-electron chi connectivity index (χ3n) is 5.02. The second kappa shape index (κ2) is 7.20. The summed E-state index contributed by atoms with van der Waals surface area (Å²) in [6.07, 6.45) is 6.72. The molecule has 1 aliphatic rings. The van der Waals surface area contributed by atoms with Crippen molar-refractivity contribution in [2.24, 2.45) is 0 Å². The molecule has 3 aromatic rings. The van der Waals surface area contributed by atoms with Crippen LogP contribution in [-0.4, -0.2) is 50.1 Å². The molecule has 2 N–H and O–H groups in total. The van der Waals surface area contributed by atoms with Gasteiger partial charge in [-0.2, -0.15) is 9.36 Å². The van der Waals surface area contributed by atoms with Crippen LogP contribution in [-0.2, 0) is 0 Å². The molecule has 0 atom stereocenters. The fraction of sp³-hybridized carbons (Fsp3) is 0.500. The molecular formula is C18H25N7S. The van der Waals surface area contributed by atoms with Crippen LogP contribution in [0.3, 0.4) is 0 Å². The van der Waals surface area contributed by atoms with Crippen molar-refractivity contribution in [2.75, 3.05) is 24.7 Å². The first-order chi connectivity index (χ1) is 12.6. The fourth-order valence-corrected chi connectivity index (χ4v) is 4.21. The van der Waals surface area contributed by atoms with Gasteiger partial charge < -0.3 is 15.5 Å². The van der Waals surface area contributed by atoms with Crippen molar-refractivity contribution in [1.82, 2.24) is 23.9 Å². The molecule has 0 bridgehead atoms. The minimum absolute atomic E-state index is 0.457.